The number of anilines is 4. The average molecular weight is 828 g/mol. The van der Waals surface area contributed by atoms with Crippen molar-refractivity contribution in [2.75, 3.05) is 78.9 Å². The number of piperazine rings is 2. The van der Waals surface area contributed by atoms with E-state index in [0.717, 1.165) is 76.0 Å². The Morgan fingerprint density at radius 1 is 0.883 bits per heavy atom. The van der Waals surface area contributed by atoms with Crippen molar-refractivity contribution in [2.45, 2.75) is 70.4 Å². The lowest BCUT2D eigenvalue weighted by Gasteiger charge is -2.45. The maximum absolute atomic E-state index is 13.6. The van der Waals surface area contributed by atoms with Gasteiger partial charge < -0.3 is 29.8 Å². The summed E-state index contributed by atoms with van der Waals surface area (Å²) < 4.78 is 40.9. The molecule has 18 heteroatoms. The first-order valence-electron chi connectivity index (χ1n) is 20.5. The van der Waals surface area contributed by atoms with Crippen molar-refractivity contribution in [1.82, 2.24) is 30.0 Å². The Hall–Kier alpha value is -5.96. The van der Waals surface area contributed by atoms with Crippen LogP contribution in [0.4, 0.5) is 41.0 Å². The summed E-state index contributed by atoms with van der Waals surface area (Å²) in [5.74, 6) is 0.285. The van der Waals surface area contributed by atoms with E-state index in [2.05, 4.69) is 41.4 Å². The molecule has 3 atom stereocenters. The smallest absolute Gasteiger partial charge is 0.369 e. The minimum Gasteiger partial charge on any atom is -0.369 e. The lowest BCUT2D eigenvalue weighted by molar-refractivity contribution is -0.138. The summed E-state index contributed by atoms with van der Waals surface area (Å²) in [5.41, 5.74) is 2.00. The maximum Gasteiger partial charge on any atom is 0.417 e. The fraction of sp³-hybridized carbons (Fsp3) is 0.500. The van der Waals surface area contributed by atoms with Gasteiger partial charge in [0.1, 0.15) is 6.04 Å². The van der Waals surface area contributed by atoms with Crippen LogP contribution in [0.5, 0.6) is 0 Å². The van der Waals surface area contributed by atoms with Gasteiger partial charge in [0, 0.05) is 101 Å². The quantitative estimate of drug-likeness (QED) is 0.327. The van der Waals surface area contributed by atoms with Crippen molar-refractivity contribution in [1.29, 1.82) is 5.26 Å². The summed E-state index contributed by atoms with van der Waals surface area (Å²) in [6.07, 6.45) is 1.12. The largest absolute Gasteiger partial charge is 0.417 e. The maximum atomic E-state index is 13.6. The SMILES string of the molecule is C[C@@H]1CN(c2ccc(C#N)c(C(F)(F)F)c2)[C@@H](C)CN1C(=O)Nc1cnc(N2CCC(CN3CCN(c4ccc5c(c4)CN([C@H]4CCC(=O)NC4=O)C5=O)CC3)CC2)nc1. The van der Waals surface area contributed by atoms with Crippen molar-refractivity contribution < 1.29 is 32.3 Å². The number of alkyl halides is 3. The van der Waals surface area contributed by atoms with Crippen LogP contribution in [0.3, 0.4) is 0 Å². The molecule has 15 nitrogen and oxygen atoms in total. The molecule has 0 unspecified atom stereocenters. The number of amides is 5. The first kappa shape index (κ1) is 40.8. The van der Waals surface area contributed by atoms with Crippen molar-refractivity contribution in [3.8, 4) is 6.07 Å². The van der Waals surface area contributed by atoms with Crippen molar-refractivity contribution >= 4 is 46.8 Å². The molecule has 5 aliphatic heterocycles. The predicted molar refractivity (Wildman–Crippen MR) is 216 cm³/mol. The van der Waals surface area contributed by atoms with Crippen LogP contribution < -0.4 is 25.3 Å². The van der Waals surface area contributed by atoms with Gasteiger partial charge in [-0.25, -0.2) is 14.8 Å². The summed E-state index contributed by atoms with van der Waals surface area (Å²) in [5, 5.41) is 14.4. The van der Waals surface area contributed by atoms with Gasteiger partial charge in [0.25, 0.3) is 5.91 Å². The zero-order chi connectivity index (χ0) is 42.3. The van der Waals surface area contributed by atoms with Gasteiger partial charge in [0.05, 0.1) is 35.3 Å². The van der Waals surface area contributed by atoms with Crippen LogP contribution in [0.15, 0.2) is 48.8 Å². The molecular formula is C42H48F3N11O4. The fourth-order valence-electron chi connectivity index (χ4n) is 9.18. The Balaban J connectivity index is 0.773. The molecule has 5 aliphatic rings. The lowest BCUT2D eigenvalue weighted by Crippen LogP contribution is -2.59. The number of nitrogens with one attached hydrogen (secondary N) is 2. The minimum absolute atomic E-state index is 0.163. The molecule has 1 aromatic heterocycles. The monoisotopic (exact) mass is 827 g/mol. The molecule has 2 aromatic carbocycles. The van der Waals surface area contributed by atoms with E-state index in [1.165, 1.54) is 12.1 Å². The van der Waals surface area contributed by atoms with E-state index in [1.807, 2.05) is 30.9 Å². The molecule has 0 saturated carbocycles. The standard InChI is InChI=1S/C42H48F3N11O4/c1-26-23-55(27(2)22-54(26)33-4-3-29(19-46)35(18-33)42(43,44)45)41(60)49-31-20-47-40(48-21-31)53-11-9-28(10-12-53)24-51-13-15-52(16-14-51)32-5-6-34-30(17-32)25-56(39(34)59)36-7-8-37(57)50-38(36)58/h3-6,17-18,20-21,26-28,36H,7-16,22-25H2,1-2H3,(H,49,60)(H,50,57,58)/t26-,27+,36-/m0/s1. The van der Waals surface area contributed by atoms with Gasteiger partial charge in [0.15, 0.2) is 0 Å². The minimum atomic E-state index is -4.66. The molecule has 3 aromatic rings. The second-order valence-corrected chi connectivity index (χ2v) is 16.5. The van der Waals surface area contributed by atoms with Crippen LogP contribution in [0.2, 0.25) is 0 Å². The van der Waals surface area contributed by atoms with Crippen LogP contribution >= 0.6 is 0 Å². The normalized spacial score (nSPS) is 23.1. The van der Waals surface area contributed by atoms with Gasteiger partial charge >= 0.3 is 12.2 Å². The highest BCUT2D eigenvalue weighted by Gasteiger charge is 2.40. The second-order valence-electron chi connectivity index (χ2n) is 16.5. The van der Waals surface area contributed by atoms with Crippen LogP contribution in [0, 0.1) is 17.2 Å². The Morgan fingerprint density at radius 2 is 1.60 bits per heavy atom. The summed E-state index contributed by atoms with van der Waals surface area (Å²) in [4.78, 5) is 71.7. The molecule has 316 valence electrons. The van der Waals surface area contributed by atoms with E-state index < -0.39 is 29.3 Å². The first-order chi connectivity index (χ1) is 28.7. The Kier molecular flexibility index (Phi) is 11.3. The number of rotatable bonds is 7. The Morgan fingerprint density at radius 3 is 2.28 bits per heavy atom. The van der Waals surface area contributed by atoms with Crippen LogP contribution in [-0.2, 0) is 22.3 Å². The molecule has 5 amide bonds. The summed E-state index contributed by atoms with van der Waals surface area (Å²) in [6, 6.07) is 9.70. The molecule has 4 saturated heterocycles. The van der Waals surface area contributed by atoms with Gasteiger partial charge in [-0.2, -0.15) is 18.4 Å². The molecule has 0 spiro atoms. The van der Waals surface area contributed by atoms with Gasteiger partial charge in [-0.1, -0.05) is 0 Å². The topological polar surface area (TPSA) is 161 Å². The fourth-order valence-corrected chi connectivity index (χ4v) is 9.18. The summed E-state index contributed by atoms with van der Waals surface area (Å²) in [6.45, 7) is 10.9. The van der Waals surface area contributed by atoms with E-state index in [9.17, 15) is 37.6 Å². The molecular weight excluding hydrogens is 780 g/mol. The second kappa shape index (κ2) is 16.6. The number of hydrogen-bond donors (Lipinski definition) is 2. The van der Waals surface area contributed by atoms with Gasteiger partial charge in [-0.3, -0.25) is 24.6 Å². The molecule has 60 heavy (non-hydrogen) atoms. The number of aromatic nitrogens is 2. The lowest BCUT2D eigenvalue weighted by atomic mass is 9.96. The zero-order valence-corrected chi connectivity index (χ0v) is 33.6. The van der Waals surface area contributed by atoms with Crippen molar-refractivity contribution in [2.24, 2.45) is 5.92 Å². The summed E-state index contributed by atoms with van der Waals surface area (Å²) >= 11 is 0. The molecule has 4 fully saturated rings. The number of nitrogens with zero attached hydrogens (tertiary/aromatic N) is 9. The third-order valence-electron chi connectivity index (χ3n) is 12.6. The number of carbonyl (C=O) groups is 4. The zero-order valence-electron chi connectivity index (χ0n) is 33.6. The number of carbonyl (C=O) groups excluding carboxylic acids is 4. The number of fused-ring (bicyclic) bond motifs is 1. The van der Waals surface area contributed by atoms with Gasteiger partial charge in [-0.05, 0) is 81.0 Å². The molecule has 2 N–H and O–H groups in total. The van der Waals surface area contributed by atoms with Crippen LogP contribution in [0.25, 0.3) is 0 Å². The van der Waals surface area contributed by atoms with Gasteiger partial charge in [-0.15, -0.1) is 0 Å². The summed E-state index contributed by atoms with van der Waals surface area (Å²) in [7, 11) is 0. The van der Waals surface area contributed by atoms with Crippen LogP contribution in [-0.4, -0.2) is 125 Å². The highest BCUT2D eigenvalue weighted by molar-refractivity contribution is 6.05. The average Bonchev–Trinajstić information content (AvgIpc) is 3.56. The van der Waals surface area contributed by atoms with E-state index >= 15 is 0 Å². The first-order valence-corrected chi connectivity index (χ1v) is 20.5. The Labute approximate surface area is 346 Å². The van der Waals surface area contributed by atoms with E-state index in [-0.39, 0.29) is 42.9 Å². The number of urea groups is 1. The highest BCUT2D eigenvalue weighted by Crippen LogP contribution is 2.36. The van der Waals surface area contributed by atoms with Crippen molar-refractivity contribution in [3.63, 3.8) is 0 Å². The molecule has 6 heterocycles. The van der Waals surface area contributed by atoms with E-state index in [4.69, 9.17) is 0 Å². The molecule has 8 rings (SSSR count). The third-order valence-corrected chi connectivity index (χ3v) is 12.6. The van der Waals surface area contributed by atoms with Gasteiger partial charge in [0.2, 0.25) is 17.8 Å². The number of halogens is 3. The number of imide groups is 1. The highest BCUT2D eigenvalue weighted by atomic mass is 19.4. The van der Waals surface area contributed by atoms with E-state index in [1.54, 1.807) is 28.3 Å². The number of hydrogen-bond acceptors (Lipinski definition) is 11. The number of benzene rings is 2. The third kappa shape index (κ3) is 8.40. The van der Waals surface area contributed by atoms with E-state index in [0.29, 0.717) is 48.3 Å². The van der Waals surface area contributed by atoms with Crippen LogP contribution in [0.1, 0.15) is 66.6 Å². The number of nitriles is 1. The Bertz CT molecular complexity index is 2180. The van der Waals surface area contributed by atoms with Crippen molar-refractivity contribution in [3.05, 3.63) is 71.0 Å². The molecule has 0 aliphatic carbocycles. The molecule has 0 radical (unpaired) electrons. The predicted octanol–water partition coefficient (Wildman–Crippen LogP) is 4.30. The number of piperidine rings is 2. The molecule has 0 bridgehead atoms.